The van der Waals surface area contributed by atoms with Gasteiger partial charge in [0.05, 0.1) is 17.9 Å². The van der Waals surface area contributed by atoms with E-state index in [1.54, 1.807) is 19.2 Å². The van der Waals surface area contributed by atoms with Gasteiger partial charge in [0.15, 0.2) is 0 Å². The average molecular weight is 258 g/mol. The number of alkyl halides is 1. The first kappa shape index (κ1) is 11.2. The summed E-state index contributed by atoms with van der Waals surface area (Å²) in [5, 5.41) is 0.696. The smallest absolute Gasteiger partial charge is 0.339 e. The van der Waals surface area contributed by atoms with Crippen molar-refractivity contribution in [2.24, 2.45) is 0 Å². The Morgan fingerprint density at radius 1 is 1.64 bits per heavy atom. The fourth-order valence-electron chi connectivity index (χ4n) is 1.07. The molecule has 1 heterocycles. The van der Waals surface area contributed by atoms with Gasteiger partial charge in [-0.15, -0.1) is 0 Å². The minimum absolute atomic E-state index is 0.316. The van der Waals surface area contributed by atoms with E-state index in [1.165, 1.54) is 0 Å². The van der Waals surface area contributed by atoms with Gasteiger partial charge in [0.2, 0.25) is 0 Å². The van der Waals surface area contributed by atoms with E-state index < -0.39 is 0 Å². The number of aryl methyl sites for hydroxylation is 1. The first-order valence-electron chi connectivity index (χ1n) is 4.37. The summed E-state index contributed by atoms with van der Waals surface area (Å²) in [5.74, 6) is -0.316. The molecule has 0 saturated heterocycles. The molecule has 14 heavy (non-hydrogen) atoms. The minimum atomic E-state index is -0.316. The molecular weight excluding hydrogens is 246 g/mol. The number of rotatable bonds is 3. The molecular formula is C10H12BrNO2. The predicted molar refractivity (Wildman–Crippen MR) is 57.6 cm³/mol. The lowest BCUT2D eigenvalue weighted by Gasteiger charge is -2.04. The standard InChI is InChI=1S/C10H12BrNO2/c1-3-14-10(13)8-4-7(2)9(5-11)12-6-8/h4,6H,3,5H2,1-2H3. The van der Waals surface area contributed by atoms with Gasteiger partial charge >= 0.3 is 5.97 Å². The van der Waals surface area contributed by atoms with Crippen LogP contribution in [-0.2, 0) is 10.1 Å². The average Bonchev–Trinajstić information content (AvgIpc) is 2.18. The molecule has 0 fully saturated rings. The topological polar surface area (TPSA) is 39.2 Å². The van der Waals surface area contributed by atoms with Gasteiger partial charge in [-0.1, -0.05) is 15.9 Å². The lowest BCUT2D eigenvalue weighted by molar-refractivity contribution is 0.0526. The third-order valence-corrected chi connectivity index (χ3v) is 2.36. The molecule has 0 aliphatic rings. The second-order valence-electron chi connectivity index (χ2n) is 2.84. The van der Waals surface area contributed by atoms with Crippen LogP contribution in [0.5, 0.6) is 0 Å². The molecule has 0 unspecified atom stereocenters. The van der Waals surface area contributed by atoms with Gasteiger partial charge < -0.3 is 4.74 Å². The number of carbonyl (C=O) groups excluding carboxylic acids is 1. The van der Waals surface area contributed by atoms with Crippen LogP contribution >= 0.6 is 15.9 Å². The number of carbonyl (C=O) groups is 1. The highest BCUT2D eigenvalue weighted by Crippen LogP contribution is 2.11. The molecule has 0 bridgehead atoms. The Bertz CT molecular complexity index is 339. The van der Waals surface area contributed by atoms with Crippen LogP contribution in [0.25, 0.3) is 0 Å². The van der Waals surface area contributed by atoms with Gasteiger partial charge in [0.1, 0.15) is 0 Å². The summed E-state index contributed by atoms with van der Waals surface area (Å²) in [5.41, 5.74) is 2.44. The molecule has 0 atom stereocenters. The lowest BCUT2D eigenvalue weighted by atomic mass is 10.2. The van der Waals surface area contributed by atoms with Crippen LogP contribution in [0.15, 0.2) is 12.3 Å². The number of pyridine rings is 1. The molecule has 0 aromatic carbocycles. The molecule has 1 aromatic heterocycles. The Balaban J connectivity index is 2.91. The molecule has 4 heteroatoms. The lowest BCUT2D eigenvalue weighted by Crippen LogP contribution is -2.06. The van der Waals surface area contributed by atoms with Crippen molar-refractivity contribution in [1.82, 2.24) is 4.98 Å². The quantitative estimate of drug-likeness (QED) is 0.617. The van der Waals surface area contributed by atoms with Gasteiger partial charge in [-0.05, 0) is 25.5 Å². The Morgan fingerprint density at radius 2 is 2.36 bits per heavy atom. The van der Waals surface area contributed by atoms with Crippen molar-refractivity contribution in [3.8, 4) is 0 Å². The van der Waals surface area contributed by atoms with Crippen LogP contribution in [0.3, 0.4) is 0 Å². The summed E-state index contributed by atoms with van der Waals surface area (Å²) in [6.45, 7) is 4.09. The van der Waals surface area contributed by atoms with Crippen LogP contribution in [0, 0.1) is 6.92 Å². The molecule has 0 aliphatic carbocycles. The van der Waals surface area contributed by atoms with Crippen LogP contribution in [-0.4, -0.2) is 17.6 Å². The minimum Gasteiger partial charge on any atom is -0.462 e. The van der Waals surface area contributed by atoms with E-state index in [2.05, 4.69) is 20.9 Å². The van der Waals surface area contributed by atoms with Gasteiger partial charge in [-0.25, -0.2) is 4.79 Å². The number of esters is 1. The van der Waals surface area contributed by atoms with E-state index in [1.807, 2.05) is 6.92 Å². The maximum atomic E-state index is 11.3. The van der Waals surface area contributed by atoms with E-state index in [0.717, 1.165) is 11.3 Å². The Labute approximate surface area is 91.6 Å². The van der Waals surface area contributed by atoms with Crippen molar-refractivity contribution >= 4 is 21.9 Å². The molecule has 0 aliphatic heterocycles. The highest BCUT2D eigenvalue weighted by molar-refractivity contribution is 9.08. The van der Waals surface area contributed by atoms with Crippen LogP contribution in [0.2, 0.25) is 0 Å². The largest absolute Gasteiger partial charge is 0.462 e. The van der Waals surface area contributed by atoms with Crippen molar-refractivity contribution in [2.75, 3.05) is 6.61 Å². The van der Waals surface area contributed by atoms with Crippen LogP contribution in [0.1, 0.15) is 28.5 Å². The number of nitrogens with zero attached hydrogens (tertiary/aromatic N) is 1. The third-order valence-electron chi connectivity index (χ3n) is 1.82. The maximum Gasteiger partial charge on any atom is 0.339 e. The van der Waals surface area contributed by atoms with Crippen LogP contribution in [0.4, 0.5) is 0 Å². The zero-order valence-corrected chi connectivity index (χ0v) is 9.80. The molecule has 3 nitrogen and oxygen atoms in total. The first-order valence-corrected chi connectivity index (χ1v) is 5.49. The van der Waals surface area contributed by atoms with Crippen molar-refractivity contribution in [3.63, 3.8) is 0 Å². The van der Waals surface area contributed by atoms with Crippen molar-refractivity contribution < 1.29 is 9.53 Å². The van der Waals surface area contributed by atoms with E-state index in [4.69, 9.17) is 4.74 Å². The summed E-state index contributed by atoms with van der Waals surface area (Å²) in [4.78, 5) is 15.5. The molecule has 1 aromatic rings. The van der Waals surface area contributed by atoms with Gasteiger partial charge in [-0.2, -0.15) is 0 Å². The zero-order chi connectivity index (χ0) is 10.6. The molecule has 0 N–H and O–H groups in total. The van der Waals surface area contributed by atoms with Crippen LogP contribution < -0.4 is 0 Å². The first-order chi connectivity index (χ1) is 6.69. The monoisotopic (exact) mass is 257 g/mol. The molecule has 0 saturated carbocycles. The van der Waals surface area contributed by atoms with Gasteiger partial charge in [0.25, 0.3) is 0 Å². The fourth-order valence-corrected chi connectivity index (χ4v) is 1.66. The van der Waals surface area contributed by atoms with Crippen molar-refractivity contribution in [2.45, 2.75) is 19.2 Å². The summed E-state index contributed by atoms with van der Waals surface area (Å²) in [6.07, 6.45) is 1.54. The zero-order valence-electron chi connectivity index (χ0n) is 8.21. The molecule has 0 radical (unpaired) electrons. The van der Waals surface area contributed by atoms with Crippen molar-refractivity contribution in [1.29, 1.82) is 0 Å². The third kappa shape index (κ3) is 2.54. The Hall–Kier alpha value is -0.900. The second kappa shape index (κ2) is 5.10. The normalized spacial score (nSPS) is 9.93. The summed E-state index contributed by atoms with van der Waals surface area (Å²) in [6, 6.07) is 1.79. The van der Waals surface area contributed by atoms with Gasteiger partial charge in [-0.3, -0.25) is 4.98 Å². The summed E-state index contributed by atoms with van der Waals surface area (Å²) >= 11 is 3.32. The number of aromatic nitrogens is 1. The van der Waals surface area contributed by atoms with Crippen molar-refractivity contribution in [3.05, 3.63) is 29.1 Å². The highest BCUT2D eigenvalue weighted by Gasteiger charge is 2.08. The molecule has 1 rings (SSSR count). The predicted octanol–water partition coefficient (Wildman–Crippen LogP) is 2.46. The summed E-state index contributed by atoms with van der Waals surface area (Å²) in [7, 11) is 0. The molecule has 76 valence electrons. The SMILES string of the molecule is CCOC(=O)c1cnc(CBr)c(C)c1. The van der Waals surface area contributed by atoms with E-state index in [0.29, 0.717) is 17.5 Å². The van der Waals surface area contributed by atoms with E-state index in [9.17, 15) is 4.79 Å². The van der Waals surface area contributed by atoms with E-state index >= 15 is 0 Å². The van der Waals surface area contributed by atoms with Gasteiger partial charge in [0, 0.05) is 11.5 Å². The number of hydrogen-bond acceptors (Lipinski definition) is 3. The number of ether oxygens (including phenoxy) is 1. The number of halogens is 1. The summed E-state index contributed by atoms with van der Waals surface area (Å²) < 4.78 is 4.87. The Kier molecular flexibility index (Phi) is 4.07. The molecule has 0 amide bonds. The fraction of sp³-hybridized carbons (Fsp3) is 0.400. The maximum absolute atomic E-state index is 11.3. The number of hydrogen-bond donors (Lipinski definition) is 0. The highest BCUT2D eigenvalue weighted by atomic mass is 79.9. The Morgan fingerprint density at radius 3 is 2.86 bits per heavy atom. The van der Waals surface area contributed by atoms with E-state index in [-0.39, 0.29) is 5.97 Å². The molecule has 0 spiro atoms. The second-order valence-corrected chi connectivity index (χ2v) is 3.40.